The van der Waals surface area contributed by atoms with Crippen molar-refractivity contribution in [1.82, 2.24) is 9.78 Å². The van der Waals surface area contributed by atoms with E-state index in [1.165, 1.54) is 0 Å². The number of halogens is 1. The third-order valence-corrected chi connectivity index (χ3v) is 4.12. The van der Waals surface area contributed by atoms with E-state index in [0.717, 1.165) is 11.3 Å². The number of benzene rings is 2. The fourth-order valence-corrected chi connectivity index (χ4v) is 2.72. The molecule has 1 aromatic heterocycles. The zero-order valence-electron chi connectivity index (χ0n) is 15.6. The first-order valence-corrected chi connectivity index (χ1v) is 9.05. The van der Waals surface area contributed by atoms with Gasteiger partial charge in [-0.3, -0.25) is 4.79 Å². The largest absolute Gasteiger partial charge is 0.484 e. The fourth-order valence-electron chi connectivity index (χ4n) is 2.59. The maximum absolute atomic E-state index is 12.4. The summed E-state index contributed by atoms with van der Waals surface area (Å²) in [5.41, 5.74) is 1.51. The van der Waals surface area contributed by atoms with Gasteiger partial charge in [0.15, 0.2) is 6.61 Å². The molecule has 0 aliphatic carbocycles. The number of hydrogen-bond acceptors (Lipinski definition) is 3. The minimum atomic E-state index is -0.285. The molecule has 5 nitrogen and oxygen atoms in total. The van der Waals surface area contributed by atoms with Crippen molar-refractivity contribution >= 4 is 23.3 Å². The highest BCUT2D eigenvalue weighted by atomic mass is 35.5. The molecule has 2 aromatic carbocycles. The Morgan fingerprint density at radius 3 is 2.41 bits per heavy atom. The number of nitrogens with zero attached hydrogens (tertiary/aromatic N) is 2. The normalized spacial score (nSPS) is 11.3. The van der Waals surface area contributed by atoms with Crippen molar-refractivity contribution in [2.24, 2.45) is 0 Å². The molecule has 0 unspecified atom stereocenters. The Hall–Kier alpha value is -2.79. The second-order valence-corrected chi connectivity index (χ2v) is 7.59. The lowest BCUT2D eigenvalue weighted by molar-refractivity contribution is -0.118. The second kappa shape index (κ2) is 7.84. The van der Waals surface area contributed by atoms with Crippen LogP contribution in [0.15, 0.2) is 60.7 Å². The molecule has 3 aromatic rings. The van der Waals surface area contributed by atoms with Gasteiger partial charge in [0.2, 0.25) is 0 Å². The van der Waals surface area contributed by atoms with Gasteiger partial charge in [0.25, 0.3) is 5.91 Å². The van der Waals surface area contributed by atoms with Crippen LogP contribution < -0.4 is 10.1 Å². The molecule has 0 saturated carbocycles. The molecule has 0 fully saturated rings. The highest BCUT2D eigenvalue weighted by Gasteiger charge is 2.21. The van der Waals surface area contributed by atoms with Crippen molar-refractivity contribution in [1.29, 1.82) is 0 Å². The second-order valence-electron chi connectivity index (χ2n) is 7.15. The summed E-state index contributed by atoms with van der Waals surface area (Å²) in [5, 5.41) is 8.20. The van der Waals surface area contributed by atoms with E-state index in [2.05, 4.69) is 10.4 Å². The summed E-state index contributed by atoms with van der Waals surface area (Å²) in [7, 11) is 0. The van der Waals surface area contributed by atoms with Gasteiger partial charge in [-0.1, -0.05) is 41.9 Å². The van der Waals surface area contributed by atoms with Gasteiger partial charge in [0.05, 0.1) is 11.2 Å². The van der Waals surface area contributed by atoms with E-state index in [1.807, 2.05) is 61.9 Å². The summed E-state index contributed by atoms with van der Waals surface area (Å²) in [6.45, 7) is 6.01. The highest BCUT2D eigenvalue weighted by Crippen LogP contribution is 2.27. The summed E-state index contributed by atoms with van der Waals surface area (Å²) in [5.74, 6) is 0.963. The van der Waals surface area contributed by atoms with Crippen LogP contribution in [0.2, 0.25) is 5.02 Å². The Kier molecular flexibility index (Phi) is 5.51. The fraction of sp³-hybridized carbons (Fsp3) is 0.238. The Morgan fingerprint density at radius 2 is 1.78 bits per heavy atom. The van der Waals surface area contributed by atoms with Crippen LogP contribution in [0.4, 0.5) is 5.82 Å². The number of nitrogens with one attached hydrogen (secondary N) is 1. The molecule has 1 N–H and O–H groups in total. The molecule has 140 valence electrons. The Bertz CT molecular complexity index is 913. The molecule has 0 spiro atoms. The summed E-state index contributed by atoms with van der Waals surface area (Å²) in [6.07, 6.45) is 0. The van der Waals surface area contributed by atoms with Gasteiger partial charge in [-0.2, -0.15) is 5.10 Å². The molecular weight excluding hydrogens is 362 g/mol. The average molecular weight is 384 g/mol. The van der Waals surface area contributed by atoms with Crippen LogP contribution in [-0.4, -0.2) is 22.3 Å². The molecule has 0 saturated heterocycles. The molecule has 1 amide bonds. The van der Waals surface area contributed by atoms with Gasteiger partial charge in [-0.25, -0.2) is 4.68 Å². The van der Waals surface area contributed by atoms with Crippen LogP contribution in [0.3, 0.4) is 0 Å². The highest BCUT2D eigenvalue weighted by molar-refractivity contribution is 6.30. The van der Waals surface area contributed by atoms with E-state index in [-0.39, 0.29) is 18.1 Å². The minimum Gasteiger partial charge on any atom is -0.484 e. The summed E-state index contributed by atoms with van der Waals surface area (Å²) in [4.78, 5) is 12.4. The average Bonchev–Trinajstić information content (AvgIpc) is 3.06. The van der Waals surface area contributed by atoms with E-state index < -0.39 is 0 Å². The van der Waals surface area contributed by atoms with E-state index in [1.54, 1.807) is 24.3 Å². The van der Waals surface area contributed by atoms with Gasteiger partial charge in [-0.15, -0.1) is 0 Å². The Labute approximate surface area is 163 Å². The van der Waals surface area contributed by atoms with Crippen molar-refractivity contribution in [3.63, 3.8) is 0 Å². The maximum Gasteiger partial charge on any atom is 0.263 e. The molecule has 0 atom stereocenters. The third kappa shape index (κ3) is 4.89. The molecule has 1 heterocycles. The van der Waals surface area contributed by atoms with Gasteiger partial charge in [0, 0.05) is 16.7 Å². The van der Waals surface area contributed by atoms with Gasteiger partial charge in [-0.05, 0) is 45.0 Å². The van der Waals surface area contributed by atoms with Gasteiger partial charge in [0.1, 0.15) is 11.6 Å². The molecule has 27 heavy (non-hydrogen) atoms. The summed E-state index contributed by atoms with van der Waals surface area (Å²) in [6, 6.07) is 18.6. The van der Waals surface area contributed by atoms with Crippen molar-refractivity contribution in [2.45, 2.75) is 26.3 Å². The van der Waals surface area contributed by atoms with Gasteiger partial charge < -0.3 is 10.1 Å². The molecule has 6 heteroatoms. The molecule has 0 radical (unpaired) electrons. The minimum absolute atomic E-state index is 0.0996. The van der Waals surface area contributed by atoms with Crippen LogP contribution in [0.1, 0.15) is 20.8 Å². The monoisotopic (exact) mass is 383 g/mol. The van der Waals surface area contributed by atoms with Crippen molar-refractivity contribution in [3.05, 3.63) is 65.7 Å². The van der Waals surface area contributed by atoms with Crippen LogP contribution in [-0.2, 0) is 10.3 Å². The van der Waals surface area contributed by atoms with Gasteiger partial charge >= 0.3 is 0 Å². The smallest absolute Gasteiger partial charge is 0.263 e. The lowest BCUT2D eigenvalue weighted by atomic mass is 10.1. The number of carbonyl (C=O) groups is 1. The van der Waals surface area contributed by atoms with Crippen LogP contribution in [0.25, 0.3) is 11.3 Å². The van der Waals surface area contributed by atoms with Crippen molar-refractivity contribution in [3.8, 4) is 17.0 Å². The molecule has 3 rings (SSSR count). The SMILES string of the molecule is CC(C)(C)n1nc(-c2ccccc2)cc1NC(=O)COc1ccc(Cl)cc1. The number of rotatable bonds is 5. The molecular formula is C21H22ClN3O2. The van der Waals surface area contributed by atoms with Crippen LogP contribution in [0.5, 0.6) is 5.75 Å². The first-order valence-electron chi connectivity index (χ1n) is 8.67. The van der Waals surface area contributed by atoms with E-state index in [0.29, 0.717) is 16.6 Å². The zero-order chi connectivity index (χ0) is 19.4. The standard InChI is InChI=1S/C21H22ClN3O2/c1-21(2,3)25-19(13-18(24-25)15-7-5-4-6-8-15)23-20(26)14-27-17-11-9-16(22)10-12-17/h4-13H,14H2,1-3H3,(H,23,26). The summed E-state index contributed by atoms with van der Waals surface area (Å²) >= 11 is 5.85. The van der Waals surface area contributed by atoms with E-state index >= 15 is 0 Å². The van der Waals surface area contributed by atoms with Crippen LogP contribution >= 0.6 is 11.6 Å². The Morgan fingerprint density at radius 1 is 1.11 bits per heavy atom. The lowest BCUT2D eigenvalue weighted by Gasteiger charge is -2.22. The predicted octanol–water partition coefficient (Wildman–Crippen LogP) is 4.98. The van der Waals surface area contributed by atoms with Crippen LogP contribution in [0, 0.1) is 0 Å². The number of amides is 1. The number of anilines is 1. The number of aromatic nitrogens is 2. The van der Waals surface area contributed by atoms with Crippen molar-refractivity contribution in [2.75, 3.05) is 11.9 Å². The van der Waals surface area contributed by atoms with Crippen molar-refractivity contribution < 1.29 is 9.53 Å². The maximum atomic E-state index is 12.4. The molecule has 0 bridgehead atoms. The third-order valence-electron chi connectivity index (χ3n) is 3.87. The number of ether oxygens (including phenoxy) is 1. The zero-order valence-corrected chi connectivity index (χ0v) is 16.3. The lowest BCUT2D eigenvalue weighted by Crippen LogP contribution is -2.28. The number of carbonyl (C=O) groups excluding carboxylic acids is 1. The Balaban J connectivity index is 1.75. The summed E-state index contributed by atoms with van der Waals surface area (Å²) < 4.78 is 7.33. The first kappa shape index (κ1) is 19.0. The predicted molar refractivity (Wildman–Crippen MR) is 108 cm³/mol. The number of hydrogen-bond donors (Lipinski definition) is 1. The molecule has 0 aliphatic heterocycles. The quantitative estimate of drug-likeness (QED) is 0.676. The topological polar surface area (TPSA) is 56.2 Å². The van der Waals surface area contributed by atoms with E-state index in [4.69, 9.17) is 16.3 Å². The van der Waals surface area contributed by atoms with E-state index in [9.17, 15) is 4.79 Å². The molecule has 0 aliphatic rings. The first-order chi connectivity index (χ1) is 12.8.